The average molecular weight is 1210 g/mol. The molecule has 0 bridgehead atoms. The number of carbonyl (C=O) groups excluding carboxylic acids is 4. The topological polar surface area (TPSA) is 237 Å². The maximum absolute atomic E-state index is 13.0. The number of phosphoric acid groups is 2. The van der Waals surface area contributed by atoms with Crippen molar-refractivity contribution in [1.82, 2.24) is 0 Å². The highest BCUT2D eigenvalue weighted by molar-refractivity contribution is 7.47. The molecule has 0 aliphatic carbocycles. The molecule has 0 aromatic heterocycles. The Bertz CT molecular complexity index is 1630. The van der Waals surface area contributed by atoms with Crippen LogP contribution in [0.2, 0.25) is 0 Å². The van der Waals surface area contributed by atoms with Gasteiger partial charge in [0.05, 0.1) is 26.4 Å². The monoisotopic (exact) mass is 1210 g/mol. The Morgan fingerprint density at radius 1 is 0.354 bits per heavy atom. The van der Waals surface area contributed by atoms with Crippen LogP contribution in [-0.4, -0.2) is 96.7 Å². The first-order valence-corrected chi connectivity index (χ1v) is 35.9. The predicted molar refractivity (Wildman–Crippen MR) is 326 cm³/mol. The van der Waals surface area contributed by atoms with Crippen molar-refractivity contribution in [2.75, 3.05) is 39.6 Å². The largest absolute Gasteiger partial charge is 0.472 e. The number of rotatable bonds is 61. The Morgan fingerprint density at radius 3 is 0.927 bits per heavy atom. The molecule has 0 fully saturated rings. The summed E-state index contributed by atoms with van der Waals surface area (Å²) in [6.45, 7) is 11.7. The lowest BCUT2D eigenvalue weighted by atomic mass is 9.99. The number of esters is 4. The van der Waals surface area contributed by atoms with Crippen molar-refractivity contribution < 1.29 is 80.2 Å². The van der Waals surface area contributed by atoms with Crippen molar-refractivity contribution in [3.05, 3.63) is 0 Å². The maximum atomic E-state index is 13.0. The summed E-state index contributed by atoms with van der Waals surface area (Å²) in [5.74, 6) is 0.0824. The highest BCUT2D eigenvalue weighted by Gasteiger charge is 2.30. The molecule has 0 rings (SSSR count). The van der Waals surface area contributed by atoms with Crippen LogP contribution in [0.5, 0.6) is 0 Å². The summed E-state index contributed by atoms with van der Waals surface area (Å²) in [5.41, 5.74) is 0. The van der Waals surface area contributed by atoms with Gasteiger partial charge in [-0.15, -0.1) is 0 Å². The fourth-order valence-corrected chi connectivity index (χ4v) is 10.9. The van der Waals surface area contributed by atoms with Crippen molar-refractivity contribution in [3.8, 4) is 0 Å². The van der Waals surface area contributed by atoms with Crippen molar-refractivity contribution in [2.24, 2.45) is 17.8 Å². The molecule has 0 radical (unpaired) electrons. The van der Waals surface area contributed by atoms with Crippen molar-refractivity contribution in [2.45, 2.75) is 324 Å². The summed E-state index contributed by atoms with van der Waals surface area (Å²) >= 11 is 0. The normalized spacial score (nSPS) is 14.7. The maximum Gasteiger partial charge on any atom is 0.472 e. The van der Waals surface area contributed by atoms with E-state index in [4.69, 9.17) is 37.0 Å². The van der Waals surface area contributed by atoms with E-state index in [0.29, 0.717) is 31.6 Å². The molecule has 0 amide bonds. The fraction of sp³-hybridized carbons (Fsp3) is 0.937. The van der Waals surface area contributed by atoms with Gasteiger partial charge in [-0.05, 0) is 43.4 Å². The lowest BCUT2D eigenvalue weighted by molar-refractivity contribution is -0.161. The van der Waals surface area contributed by atoms with Crippen molar-refractivity contribution in [3.63, 3.8) is 0 Å². The number of aliphatic hydroxyl groups is 1. The lowest BCUT2D eigenvalue weighted by Gasteiger charge is -2.21. The zero-order valence-electron chi connectivity index (χ0n) is 52.9. The van der Waals surface area contributed by atoms with E-state index in [2.05, 4.69) is 48.5 Å². The Kier molecular flexibility index (Phi) is 53.2. The van der Waals surface area contributed by atoms with Gasteiger partial charge in [0.1, 0.15) is 19.3 Å². The molecule has 0 saturated carbocycles. The van der Waals surface area contributed by atoms with Gasteiger partial charge in [-0.3, -0.25) is 37.3 Å². The number of aliphatic hydroxyl groups excluding tert-OH is 1. The SMILES string of the molecule is CCCCCCCCCC(=O)OC[C@H](COP(=O)(O)OC[C@H](O)COP(=O)(O)OC[C@@H](COC(=O)CCCCCCCCCCC(C)CC)OC(=O)CCCCCCCCCCCCC(C)C)OC(=O)CCCCCCCCCC(C)C. The molecule has 17 nitrogen and oxygen atoms in total. The number of hydrogen-bond donors (Lipinski definition) is 3. The predicted octanol–water partition coefficient (Wildman–Crippen LogP) is 17.1. The standard InChI is InChI=1S/C63H122O17P2/c1-8-10-11-12-20-30-37-44-60(65)73-50-58(80-63(68)47-40-33-26-19-22-28-35-42-55(5)6)52-77-81(69,70)75-48-57(64)49-76-82(71,72)78-53-59(51-74-61(66)45-38-31-24-18-17-23-29-36-43-56(7)9-2)79-62(67)46-39-32-25-16-14-13-15-21-27-34-41-54(3)4/h54-59,64H,8-53H2,1-7H3,(H,69,70)(H,71,72)/t56?,57-,58+,59+/m0/s1. The van der Waals surface area contributed by atoms with Crippen LogP contribution in [0.1, 0.15) is 305 Å². The highest BCUT2D eigenvalue weighted by atomic mass is 31.2. The molecule has 3 unspecified atom stereocenters. The number of hydrogen-bond acceptors (Lipinski definition) is 15. The molecule has 19 heteroatoms. The second kappa shape index (κ2) is 54.5. The Balaban J connectivity index is 5.23. The van der Waals surface area contributed by atoms with E-state index < -0.39 is 97.5 Å². The first-order chi connectivity index (χ1) is 39.3. The van der Waals surface area contributed by atoms with E-state index in [9.17, 15) is 43.2 Å². The van der Waals surface area contributed by atoms with Crippen LogP contribution >= 0.6 is 15.6 Å². The average Bonchev–Trinajstić information content (AvgIpc) is 3.45. The van der Waals surface area contributed by atoms with Gasteiger partial charge >= 0.3 is 39.5 Å². The number of phosphoric ester groups is 2. The molecule has 0 aliphatic heterocycles. The molecule has 0 aromatic carbocycles. The van der Waals surface area contributed by atoms with E-state index in [1.54, 1.807) is 0 Å². The Hall–Kier alpha value is -1.94. The van der Waals surface area contributed by atoms with Crippen LogP contribution in [0.4, 0.5) is 0 Å². The summed E-state index contributed by atoms with van der Waals surface area (Å²) in [7, 11) is -9.88. The molecular formula is C63H122O17P2. The summed E-state index contributed by atoms with van der Waals surface area (Å²) in [4.78, 5) is 72.1. The third kappa shape index (κ3) is 55.9. The number of ether oxygens (including phenoxy) is 4. The van der Waals surface area contributed by atoms with Gasteiger partial charge in [0, 0.05) is 25.7 Å². The third-order valence-electron chi connectivity index (χ3n) is 14.7. The van der Waals surface area contributed by atoms with Crippen LogP contribution in [0.3, 0.4) is 0 Å². The van der Waals surface area contributed by atoms with E-state index in [-0.39, 0.29) is 25.7 Å². The van der Waals surface area contributed by atoms with Crippen LogP contribution in [0.25, 0.3) is 0 Å². The van der Waals surface area contributed by atoms with Gasteiger partial charge in [0.25, 0.3) is 0 Å². The van der Waals surface area contributed by atoms with E-state index in [0.717, 1.165) is 115 Å². The second-order valence-corrected chi connectivity index (χ2v) is 26.9. The molecule has 0 saturated heterocycles. The summed E-state index contributed by atoms with van der Waals surface area (Å²) in [5, 5.41) is 10.5. The molecule has 0 aliphatic rings. The molecule has 82 heavy (non-hydrogen) atoms. The lowest BCUT2D eigenvalue weighted by Crippen LogP contribution is -2.30. The van der Waals surface area contributed by atoms with Crippen LogP contribution in [0, 0.1) is 17.8 Å². The first-order valence-electron chi connectivity index (χ1n) is 32.9. The van der Waals surface area contributed by atoms with Gasteiger partial charge in [-0.25, -0.2) is 9.13 Å². The molecule has 0 spiro atoms. The number of carbonyl (C=O) groups is 4. The van der Waals surface area contributed by atoms with Crippen LogP contribution < -0.4 is 0 Å². The highest BCUT2D eigenvalue weighted by Crippen LogP contribution is 2.45. The van der Waals surface area contributed by atoms with Crippen molar-refractivity contribution >= 4 is 39.5 Å². The molecule has 3 N–H and O–H groups in total. The van der Waals surface area contributed by atoms with Gasteiger partial charge < -0.3 is 33.8 Å². The smallest absolute Gasteiger partial charge is 0.462 e. The summed E-state index contributed by atoms with van der Waals surface area (Å²) < 4.78 is 67.9. The second-order valence-electron chi connectivity index (χ2n) is 24.0. The molecule has 0 aromatic rings. The van der Waals surface area contributed by atoms with Gasteiger partial charge in [0.15, 0.2) is 12.2 Å². The first kappa shape index (κ1) is 80.1. The zero-order chi connectivity index (χ0) is 61.0. The molecule has 486 valence electrons. The minimum Gasteiger partial charge on any atom is -0.462 e. The Labute approximate surface area is 498 Å². The van der Waals surface area contributed by atoms with Gasteiger partial charge in [-0.1, -0.05) is 254 Å². The van der Waals surface area contributed by atoms with Crippen LogP contribution in [-0.2, 0) is 65.4 Å². The minimum atomic E-state index is -4.94. The minimum absolute atomic E-state index is 0.103. The number of unbranched alkanes of at least 4 members (excludes halogenated alkanes) is 28. The zero-order valence-corrected chi connectivity index (χ0v) is 54.7. The van der Waals surface area contributed by atoms with E-state index in [1.165, 1.54) is 103 Å². The van der Waals surface area contributed by atoms with Crippen LogP contribution in [0.15, 0.2) is 0 Å². The van der Waals surface area contributed by atoms with E-state index in [1.807, 2.05) is 0 Å². The summed E-state index contributed by atoms with van der Waals surface area (Å²) in [6, 6.07) is 0. The fourth-order valence-electron chi connectivity index (χ4n) is 9.27. The Morgan fingerprint density at radius 2 is 0.622 bits per heavy atom. The molecule has 6 atom stereocenters. The van der Waals surface area contributed by atoms with E-state index >= 15 is 0 Å². The van der Waals surface area contributed by atoms with Gasteiger partial charge in [-0.2, -0.15) is 0 Å². The summed E-state index contributed by atoms with van der Waals surface area (Å²) in [6.07, 6.45) is 35.0. The van der Waals surface area contributed by atoms with Crippen molar-refractivity contribution in [1.29, 1.82) is 0 Å². The third-order valence-corrected chi connectivity index (χ3v) is 16.6. The van der Waals surface area contributed by atoms with Gasteiger partial charge in [0.2, 0.25) is 0 Å². The quantitative estimate of drug-likeness (QED) is 0.0222. The molecule has 0 heterocycles. The molecular weight excluding hydrogens is 1090 g/mol.